The number of halogens is 1. The number of benzene rings is 1. The van der Waals surface area contributed by atoms with E-state index in [4.69, 9.17) is 0 Å². The van der Waals surface area contributed by atoms with E-state index < -0.39 is 4.92 Å². The number of amides is 1. The van der Waals surface area contributed by atoms with Crippen molar-refractivity contribution in [3.63, 3.8) is 0 Å². The molecule has 0 bridgehead atoms. The molecule has 1 aromatic carbocycles. The Morgan fingerprint density at radius 3 is 2.82 bits per heavy atom. The molecule has 122 valence electrons. The molecule has 1 heterocycles. The van der Waals surface area contributed by atoms with Crippen LogP contribution in [0.2, 0.25) is 0 Å². The highest BCUT2D eigenvalue weighted by Crippen LogP contribution is 2.21. The van der Waals surface area contributed by atoms with E-state index in [2.05, 4.69) is 17.6 Å². The largest absolute Gasteiger partial charge is 0.349 e. The average Bonchev–Trinajstić information content (AvgIpc) is 2.46. The van der Waals surface area contributed by atoms with Crippen LogP contribution in [-0.4, -0.2) is 29.5 Å². The van der Waals surface area contributed by atoms with Gasteiger partial charge in [-0.1, -0.05) is 13.0 Å². The fourth-order valence-electron chi connectivity index (χ4n) is 2.71. The summed E-state index contributed by atoms with van der Waals surface area (Å²) < 4.78 is 0. The van der Waals surface area contributed by atoms with Crippen LogP contribution in [0.1, 0.15) is 42.6 Å². The second-order valence-corrected chi connectivity index (χ2v) is 5.50. The van der Waals surface area contributed by atoms with E-state index >= 15 is 0 Å². The number of piperidine rings is 1. The summed E-state index contributed by atoms with van der Waals surface area (Å²) in [6, 6.07) is 5.20. The molecule has 1 aliphatic rings. The first-order chi connectivity index (χ1) is 10.0. The van der Waals surface area contributed by atoms with Gasteiger partial charge >= 0.3 is 0 Å². The summed E-state index contributed by atoms with van der Waals surface area (Å²) in [6.45, 7) is 4.82. The number of carbonyl (C=O) groups excluding carboxylic acids is 1. The van der Waals surface area contributed by atoms with Gasteiger partial charge in [-0.05, 0) is 38.8 Å². The van der Waals surface area contributed by atoms with Gasteiger partial charge in [-0.3, -0.25) is 14.9 Å². The summed E-state index contributed by atoms with van der Waals surface area (Å²) in [5.74, 6) is -0.236. The van der Waals surface area contributed by atoms with Crippen molar-refractivity contribution < 1.29 is 9.72 Å². The highest BCUT2D eigenvalue weighted by atomic mass is 35.5. The number of nitro benzene ring substituents is 1. The van der Waals surface area contributed by atoms with Crippen molar-refractivity contribution in [2.45, 2.75) is 45.2 Å². The normalized spacial score (nSPS) is 20.8. The van der Waals surface area contributed by atoms with Crippen molar-refractivity contribution in [2.24, 2.45) is 0 Å². The van der Waals surface area contributed by atoms with Crippen LogP contribution < -0.4 is 10.6 Å². The number of rotatable bonds is 4. The van der Waals surface area contributed by atoms with Gasteiger partial charge in [-0.15, -0.1) is 12.4 Å². The average molecular weight is 328 g/mol. The van der Waals surface area contributed by atoms with Crippen LogP contribution in [0.15, 0.2) is 18.2 Å². The molecule has 0 aromatic heterocycles. The summed E-state index contributed by atoms with van der Waals surface area (Å²) in [4.78, 5) is 22.9. The zero-order valence-corrected chi connectivity index (χ0v) is 13.6. The highest BCUT2D eigenvalue weighted by Gasteiger charge is 2.22. The lowest BCUT2D eigenvalue weighted by atomic mass is 10.00. The number of nitrogens with one attached hydrogen (secondary N) is 2. The Morgan fingerprint density at radius 2 is 2.23 bits per heavy atom. The van der Waals surface area contributed by atoms with Gasteiger partial charge in [-0.25, -0.2) is 0 Å². The Bertz CT molecular complexity index is 551. The van der Waals surface area contributed by atoms with Gasteiger partial charge in [0.15, 0.2) is 0 Å². The Hall–Kier alpha value is -1.66. The summed E-state index contributed by atoms with van der Waals surface area (Å²) in [6.07, 6.45) is 2.33. The van der Waals surface area contributed by atoms with Crippen molar-refractivity contribution in [1.29, 1.82) is 0 Å². The zero-order valence-electron chi connectivity index (χ0n) is 12.8. The van der Waals surface area contributed by atoms with E-state index in [0.717, 1.165) is 19.4 Å². The number of aryl methyl sites for hydroxylation is 1. The van der Waals surface area contributed by atoms with Crippen molar-refractivity contribution >= 4 is 24.0 Å². The molecule has 6 nitrogen and oxygen atoms in total. The molecule has 2 rings (SSSR count). The Kier molecular flexibility index (Phi) is 6.77. The zero-order chi connectivity index (χ0) is 15.4. The van der Waals surface area contributed by atoms with E-state index in [1.807, 2.05) is 6.92 Å². The van der Waals surface area contributed by atoms with Crippen LogP contribution in [0.3, 0.4) is 0 Å². The number of hydrogen-bond donors (Lipinski definition) is 2. The molecule has 22 heavy (non-hydrogen) atoms. The first-order valence-corrected chi connectivity index (χ1v) is 7.32. The SMILES string of the molecule is CCc1ccc(C(=O)NC2CCNC(C)C2)cc1[N+](=O)[O-].Cl. The maximum atomic E-state index is 12.2. The number of nitrogens with zero attached hydrogens (tertiary/aromatic N) is 1. The minimum Gasteiger partial charge on any atom is -0.349 e. The summed E-state index contributed by atoms with van der Waals surface area (Å²) in [7, 11) is 0. The minimum absolute atomic E-state index is 0. The highest BCUT2D eigenvalue weighted by molar-refractivity contribution is 5.95. The van der Waals surface area contributed by atoms with Crippen LogP contribution in [0.4, 0.5) is 5.69 Å². The second kappa shape index (κ2) is 8.10. The van der Waals surface area contributed by atoms with Gasteiger partial charge in [0.2, 0.25) is 0 Å². The molecule has 1 amide bonds. The molecule has 1 aromatic rings. The molecule has 0 aliphatic carbocycles. The number of carbonyl (C=O) groups is 1. The smallest absolute Gasteiger partial charge is 0.273 e. The van der Waals surface area contributed by atoms with Crippen molar-refractivity contribution in [1.82, 2.24) is 10.6 Å². The summed E-state index contributed by atoms with van der Waals surface area (Å²) in [5, 5.41) is 17.3. The molecule has 7 heteroatoms. The fraction of sp³-hybridized carbons (Fsp3) is 0.533. The van der Waals surface area contributed by atoms with Crippen LogP contribution in [-0.2, 0) is 6.42 Å². The lowest BCUT2D eigenvalue weighted by Crippen LogP contribution is -2.46. The second-order valence-electron chi connectivity index (χ2n) is 5.50. The van der Waals surface area contributed by atoms with Gasteiger partial charge in [0.25, 0.3) is 11.6 Å². The maximum Gasteiger partial charge on any atom is 0.273 e. The van der Waals surface area contributed by atoms with Crippen LogP contribution in [0.5, 0.6) is 0 Å². The van der Waals surface area contributed by atoms with Gasteiger partial charge in [0.1, 0.15) is 0 Å². The first-order valence-electron chi connectivity index (χ1n) is 7.32. The lowest BCUT2D eigenvalue weighted by molar-refractivity contribution is -0.385. The molecule has 2 atom stereocenters. The van der Waals surface area contributed by atoms with Crippen LogP contribution in [0.25, 0.3) is 0 Å². The van der Waals surface area contributed by atoms with Crippen LogP contribution >= 0.6 is 12.4 Å². The third-order valence-electron chi connectivity index (χ3n) is 3.88. The fourth-order valence-corrected chi connectivity index (χ4v) is 2.71. The van der Waals surface area contributed by atoms with Gasteiger partial charge < -0.3 is 10.6 Å². The van der Waals surface area contributed by atoms with E-state index in [-0.39, 0.29) is 30.0 Å². The summed E-state index contributed by atoms with van der Waals surface area (Å²) in [5.41, 5.74) is 1.01. The van der Waals surface area contributed by atoms with E-state index in [1.54, 1.807) is 12.1 Å². The maximum absolute atomic E-state index is 12.2. The lowest BCUT2D eigenvalue weighted by Gasteiger charge is -2.28. The molecule has 1 fully saturated rings. The van der Waals surface area contributed by atoms with Crippen molar-refractivity contribution in [3.8, 4) is 0 Å². The van der Waals surface area contributed by atoms with Gasteiger partial charge in [0.05, 0.1) is 4.92 Å². The predicted molar refractivity (Wildman–Crippen MR) is 87.7 cm³/mol. The van der Waals surface area contributed by atoms with Gasteiger partial charge in [0, 0.05) is 29.3 Å². The van der Waals surface area contributed by atoms with Gasteiger partial charge in [-0.2, -0.15) is 0 Å². The monoisotopic (exact) mass is 327 g/mol. The number of nitro groups is 1. The molecular formula is C15H22ClN3O3. The van der Waals surface area contributed by atoms with E-state index in [1.165, 1.54) is 6.07 Å². The summed E-state index contributed by atoms with van der Waals surface area (Å²) >= 11 is 0. The number of hydrogen-bond acceptors (Lipinski definition) is 4. The Labute approximate surface area is 136 Å². The predicted octanol–water partition coefficient (Wildman–Crippen LogP) is 2.45. The Balaban J connectivity index is 0.00000242. The quantitative estimate of drug-likeness (QED) is 0.657. The molecule has 0 saturated carbocycles. The molecular weight excluding hydrogens is 306 g/mol. The van der Waals surface area contributed by atoms with E-state index in [0.29, 0.717) is 23.6 Å². The third kappa shape index (κ3) is 4.42. The third-order valence-corrected chi connectivity index (χ3v) is 3.88. The van der Waals surface area contributed by atoms with Crippen molar-refractivity contribution in [2.75, 3.05) is 6.54 Å². The molecule has 1 saturated heterocycles. The molecule has 2 N–H and O–H groups in total. The minimum atomic E-state index is -0.428. The Morgan fingerprint density at radius 1 is 1.50 bits per heavy atom. The van der Waals surface area contributed by atoms with Crippen LogP contribution in [0, 0.1) is 10.1 Å². The standard InChI is InChI=1S/C15H21N3O3.ClH/c1-3-11-4-5-12(9-14(11)18(20)21)15(19)17-13-6-7-16-10(2)8-13;/h4-5,9-10,13,16H,3,6-8H2,1-2H3,(H,17,19);1H. The van der Waals surface area contributed by atoms with Crippen molar-refractivity contribution in [3.05, 3.63) is 39.4 Å². The van der Waals surface area contributed by atoms with E-state index in [9.17, 15) is 14.9 Å². The molecule has 0 spiro atoms. The molecule has 1 aliphatic heterocycles. The molecule has 0 radical (unpaired) electrons. The topological polar surface area (TPSA) is 84.3 Å². The first kappa shape index (κ1) is 18.4. The molecule has 2 unspecified atom stereocenters.